The molecule has 0 aliphatic carbocycles. The Labute approximate surface area is 46.9 Å². The lowest BCUT2D eigenvalue weighted by atomic mass is 10.6. The highest BCUT2D eigenvalue weighted by Crippen LogP contribution is 2.34. The van der Waals surface area contributed by atoms with Crippen molar-refractivity contribution in [2.75, 3.05) is 6.16 Å². The summed E-state index contributed by atoms with van der Waals surface area (Å²) in [7, 11) is -3.90. The van der Waals surface area contributed by atoms with Gasteiger partial charge in [0.05, 0.1) is 12.2 Å². The zero-order chi connectivity index (χ0) is 6.62. The van der Waals surface area contributed by atoms with Gasteiger partial charge in [-0.1, -0.05) is 0 Å². The van der Waals surface area contributed by atoms with E-state index >= 15 is 0 Å². The number of nitriles is 1. The van der Waals surface area contributed by atoms with Crippen LogP contribution < -0.4 is 0 Å². The Bertz CT molecular complexity index is 143. The van der Waals surface area contributed by atoms with Gasteiger partial charge in [0.2, 0.25) is 0 Å². The fraction of sp³-hybridized carbons (Fsp3) is 0.667. The Kier molecular flexibility index (Phi) is 2.70. The van der Waals surface area contributed by atoms with E-state index < -0.39 is 7.60 Å². The number of rotatable bonds is 2. The maximum atomic E-state index is 9.93. The second-order valence-electron chi connectivity index (χ2n) is 1.30. The third kappa shape index (κ3) is 5.64. The summed E-state index contributed by atoms with van der Waals surface area (Å²) in [6.07, 6.45) is -0.409. The Morgan fingerprint density at radius 2 is 2.12 bits per heavy atom. The molecule has 0 unspecified atom stereocenters. The normalized spacial score (nSPS) is 10.6. The fourth-order valence-electron chi connectivity index (χ4n) is 0.196. The van der Waals surface area contributed by atoms with Crippen LogP contribution in [0.3, 0.4) is 0 Å². The maximum absolute atomic E-state index is 9.93. The molecule has 4 nitrogen and oxygen atoms in total. The van der Waals surface area contributed by atoms with Crippen molar-refractivity contribution in [1.82, 2.24) is 0 Å². The Morgan fingerprint density at radius 1 is 1.62 bits per heavy atom. The van der Waals surface area contributed by atoms with Crippen molar-refractivity contribution in [3.8, 4) is 6.07 Å². The maximum Gasteiger partial charge on any atom is 0.326 e. The van der Waals surface area contributed by atoms with Gasteiger partial charge in [-0.25, -0.2) is 0 Å². The molecule has 0 spiro atoms. The van der Waals surface area contributed by atoms with E-state index in [2.05, 4.69) is 0 Å². The summed E-state index contributed by atoms with van der Waals surface area (Å²) in [6, 6.07) is 1.63. The molecule has 0 saturated carbocycles. The van der Waals surface area contributed by atoms with Gasteiger partial charge in [0.1, 0.15) is 0 Å². The van der Waals surface area contributed by atoms with Crippen LogP contribution in [-0.2, 0) is 4.57 Å². The van der Waals surface area contributed by atoms with Gasteiger partial charge in [-0.2, -0.15) is 5.26 Å². The van der Waals surface area contributed by atoms with Gasteiger partial charge in [0, 0.05) is 6.42 Å². The molecule has 0 atom stereocenters. The topological polar surface area (TPSA) is 81.3 Å². The molecular formula is C3H6NO3P. The monoisotopic (exact) mass is 135 g/mol. The Hall–Kier alpha value is -0.360. The highest BCUT2D eigenvalue weighted by atomic mass is 31.2. The highest BCUT2D eigenvalue weighted by Gasteiger charge is 2.10. The molecule has 0 bridgehead atoms. The lowest BCUT2D eigenvalue weighted by Crippen LogP contribution is -1.83. The highest BCUT2D eigenvalue weighted by molar-refractivity contribution is 7.51. The van der Waals surface area contributed by atoms with Crippen LogP contribution in [0, 0.1) is 11.3 Å². The van der Waals surface area contributed by atoms with E-state index in [4.69, 9.17) is 15.0 Å². The zero-order valence-electron chi connectivity index (χ0n) is 4.11. The predicted octanol–water partition coefficient (Wildman–Crippen LogP) is 0.0778. The summed E-state index contributed by atoms with van der Waals surface area (Å²) < 4.78 is 9.93. The minimum Gasteiger partial charge on any atom is -0.324 e. The summed E-state index contributed by atoms with van der Waals surface area (Å²) in [6.45, 7) is 0. The van der Waals surface area contributed by atoms with Gasteiger partial charge < -0.3 is 9.79 Å². The van der Waals surface area contributed by atoms with E-state index in [0.29, 0.717) is 0 Å². The molecule has 46 valence electrons. The van der Waals surface area contributed by atoms with Crippen LogP contribution in [-0.4, -0.2) is 15.9 Å². The van der Waals surface area contributed by atoms with E-state index in [1.54, 1.807) is 6.07 Å². The van der Waals surface area contributed by atoms with E-state index in [1.807, 2.05) is 0 Å². The molecule has 2 N–H and O–H groups in total. The molecule has 0 fully saturated rings. The molecule has 8 heavy (non-hydrogen) atoms. The van der Waals surface area contributed by atoms with Crippen molar-refractivity contribution >= 4 is 7.60 Å². The SMILES string of the molecule is N#CCCP(=O)(O)O. The van der Waals surface area contributed by atoms with Crippen molar-refractivity contribution in [2.24, 2.45) is 0 Å². The van der Waals surface area contributed by atoms with Gasteiger partial charge in [0.25, 0.3) is 0 Å². The van der Waals surface area contributed by atoms with Gasteiger partial charge in [0.15, 0.2) is 0 Å². The molecule has 0 rings (SSSR count). The summed E-state index contributed by atoms with van der Waals surface area (Å²) in [5.74, 6) is 0. The van der Waals surface area contributed by atoms with Crippen LogP contribution >= 0.6 is 7.60 Å². The van der Waals surface area contributed by atoms with E-state index in [9.17, 15) is 4.57 Å². The van der Waals surface area contributed by atoms with E-state index in [1.165, 1.54) is 0 Å². The molecule has 0 aliphatic heterocycles. The lowest BCUT2D eigenvalue weighted by molar-refractivity contribution is 0.373. The molecule has 0 amide bonds. The lowest BCUT2D eigenvalue weighted by Gasteiger charge is -1.95. The van der Waals surface area contributed by atoms with Crippen LogP contribution in [0.15, 0.2) is 0 Å². The van der Waals surface area contributed by atoms with Crippen LogP contribution in [0.25, 0.3) is 0 Å². The molecule has 5 heteroatoms. The third-order valence-corrected chi connectivity index (χ3v) is 1.32. The molecule has 0 aliphatic rings. The quantitative estimate of drug-likeness (QED) is 0.525. The minimum atomic E-state index is -3.90. The Balaban J connectivity index is 3.45. The average molecular weight is 135 g/mol. The molecular weight excluding hydrogens is 129 g/mol. The molecule has 0 aromatic rings. The summed E-state index contributed by atoms with van der Waals surface area (Å²) in [5.41, 5.74) is 0. The van der Waals surface area contributed by atoms with Crippen LogP contribution in [0.2, 0.25) is 0 Å². The Morgan fingerprint density at radius 3 is 2.25 bits per heavy atom. The van der Waals surface area contributed by atoms with Crippen LogP contribution in [0.1, 0.15) is 6.42 Å². The van der Waals surface area contributed by atoms with Crippen molar-refractivity contribution in [2.45, 2.75) is 6.42 Å². The molecule has 0 aromatic carbocycles. The number of nitrogens with zero attached hydrogens (tertiary/aromatic N) is 1. The molecule has 0 aromatic heterocycles. The first kappa shape index (κ1) is 7.64. The first-order valence-electron chi connectivity index (χ1n) is 1.98. The molecule has 0 heterocycles. The largest absolute Gasteiger partial charge is 0.326 e. The molecule has 0 radical (unpaired) electrons. The van der Waals surface area contributed by atoms with Gasteiger partial charge >= 0.3 is 7.60 Å². The first-order chi connectivity index (χ1) is 3.56. The van der Waals surface area contributed by atoms with Crippen molar-refractivity contribution in [3.05, 3.63) is 0 Å². The second-order valence-corrected chi connectivity index (χ2v) is 3.07. The summed E-state index contributed by atoms with van der Waals surface area (Å²) in [4.78, 5) is 16.2. The van der Waals surface area contributed by atoms with E-state index in [0.717, 1.165) is 0 Å². The van der Waals surface area contributed by atoms with E-state index in [-0.39, 0.29) is 12.6 Å². The minimum absolute atomic E-state index is 0.0791. The number of hydrogen-bond donors (Lipinski definition) is 2. The first-order valence-corrected chi connectivity index (χ1v) is 3.77. The summed E-state index contributed by atoms with van der Waals surface area (Å²) >= 11 is 0. The van der Waals surface area contributed by atoms with Crippen LogP contribution in [0.4, 0.5) is 0 Å². The van der Waals surface area contributed by atoms with Crippen molar-refractivity contribution in [3.63, 3.8) is 0 Å². The van der Waals surface area contributed by atoms with Crippen molar-refractivity contribution < 1.29 is 14.4 Å². The van der Waals surface area contributed by atoms with Gasteiger partial charge in [-0.3, -0.25) is 4.57 Å². The van der Waals surface area contributed by atoms with Gasteiger partial charge in [-0.15, -0.1) is 0 Å². The summed E-state index contributed by atoms with van der Waals surface area (Å²) in [5, 5.41) is 7.84. The fourth-order valence-corrected chi connectivity index (χ4v) is 0.587. The second kappa shape index (κ2) is 2.83. The zero-order valence-corrected chi connectivity index (χ0v) is 5.01. The average Bonchev–Trinajstić information content (AvgIpc) is 1.59. The van der Waals surface area contributed by atoms with Crippen LogP contribution in [0.5, 0.6) is 0 Å². The smallest absolute Gasteiger partial charge is 0.324 e. The van der Waals surface area contributed by atoms with Gasteiger partial charge in [-0.05, 0) is 0 Å². The standard InChI is InChI=1S/C3H6NO3P/c4-2-1-3-8(5,6)7/h1,3H2,(H2,5,6,7). The molecule has 0 saturated heterocycles. The number of hydrogen-bond acceptors (Lipinski definition) is 2. The van der Waals surface area contributed by atoms with Crippen molar-refractivity contribution in [1.29, 1.82) is 5.26 Å². The third-order valence-electron chi connectivity index (χ3n) is 0.515. The predicted molar refractivity (Wildman–Crippen MR) is 27.1 cm³/mol.